The van der Waals surface area contributed by atoms with E-state index < -0.39 is 11.6 Å². The van der Waals surface area contributed by atoms with Gasteiger partial charge < -0.3 is 4.98 Å². The van der Waals surface area contributed by atoms with E-state index in [1.807, 2.05) is 6.92 Å². The van der Waals surface area contributed by atoms with E-state index in [2.05, 4.69) is 9.97 Å². The summed E-state index contributed by atoms with van der Waals surface area (Å²) in [6.45, 7) is 1.90. The minimum absolute atomic E-state index is 0.0245. The number of nitrogens with zero attached hydrogens (tertiary/aromatic N) is 1. The molecule has 1 unspecified atom stereocenters. The Morgan fingerprint density at radius 3 is 2.73 bits per heavy atom. The highest BCUT2D eigenvalue weighted by molar-refractivity contribution is 6.29. The minimum Gasteiger partial charge on any atom is -0.358 e. The van der Waals surface area contributed by atoms with E-state index in [9.17, 15) is 13.6 Å². The topological polar surface area (TPSA) is 45.8 Å². The fourth-order valence-corrected chi connectivity index (χ4v) is 3.78. The van der Waals surface area contributed by atoms with Crippen molar-refractivity contribution in [1.82, 2.24) is 9.97 Å². The van der Waals surface area contributed by atoms with Crippen LogP contribution in [0.1, 0.15) is 39.5 Å². The molecule has 132 valence electrons. The van der Waals surface area contributed by atoms with Crippen LogP contribution in [0.25, 0.3) is 11.3 Å². The standard InChI is InChI=1S/C20H15ClF2N2O/c1-10-6-19(21)24-9-15(10)12-4-5-17-14(20(12)26)8-18(25-17)13-3-2-11(22)7-16(13)23/h2-3,6-9,12,25H,4-5H2,1H3. The van der Waals surface area contributed by atoms with Gasteiger partial charge in [-0.2, -0.15) is 0 Å². The molecule has 0 saturated carbocycles. The number of aromatic nitrogens is 2. The third-order valence-corrected chi connectivity index (χ3v) is 5.09. The summed E-state index contributed by atoms with van der Waals surface area (Å²) in [5.41, 5.74) is 3.84. The maximum absolute atomic E-state index is 14.1. The number of H-pyrrole nitrogens is 1. The van der Waals surface area contributed by atoms with Crippen molar-refractivity contribution < 1.29 is 13.6 Å². The van der Waals surface area contributed by atoms with Crippen LogP contribution in [0.3, 0.4) is 0 Å². The SMILES string of the molecule is Cc1cc(Cl)ncc1C1CCc2[nH]c(-c3ccc(F)cc3F)cc2C1=O. The molecule has 0 fully saturated rings. The van der Waals surface area contributed by atoms with Gasteiger partial charge in [-0.15, -0.1) is 0 Å². The van der Waals surface area contributed by atoms with Gasteiger partial charge in [0, 0.05) is 40.7 Å². The maximum Gasteiger partial charge on any atom is 0.172 e. The fourth-order valence-electron chi connectivity index (χ4n) is 3.57. The van der Waals surface area contributed by atoms with Crippen LogP contribution in [0.4, 0.5) is 8.78 Å². The lowest BCUT2D eigenvalue weighted by molar-refractivity contribution is 0.0945. The summed E-state index contributed by atoms with van der Waals surface area (Å²) < 4.78 is 27.2. The Labute approximate surface area is 154 Å². The van der Waals surface area contributed by atoms with Crippen LogP contribution in [-0.2, 0) is 6.42 Å². The van der Waals surface area contributed by atoms with E-state index in [1.54, 1.807) is 18.3 Å². The molecule has 1 aromatic carbocycles. The van der Waals surface area contributed by atoms with E-state index >= 15 is 0 Å². The van der Waals surface area contributed by atoms with Gasteiger partial charge in [0.15, 0.2) is 5.78 Å². The van der Waals surface area contributed by atoms with Crippen molar-refractivity contribution >= 4 is 17.4 Å². The average molecular weight is 373 g/mol. The van der Waals surface area contributed by atoms with Crippen molar-refractivity contribution in [3.8, 4) is 11.3 Å². The second-order valence-electron chi connectivity index (χ2n) is 6.52. The van der Waals surface area contributed by atoms with Crippen molar-refractivity contribution in [3.05, 3.63) is 75.7 Å². The molecule has 4 rings (SSSR count). The first kappa shape index (κ1) is 16.9. The lowest BCUT2D eigenvalue weighted by Gasteiger charge is -2.22. The monoisotopic (exact) mass is 372 g/mol. The number of fused-ring (bicyclic) bond motifs is 1. The molecule has 1 aliphatic carbocycles. The van der Waals surface area contributed by atoms with Crippen LogP contribution in [0.2, 0.25) is 5.15 Å². The molecule has 0 radical (unpaired) electrons. The van der Waals surface area contributed by atoms with Gasteiger partial charge in [-0.25, -0.2) is 13.8 Å². The molecule has 2 aromatic heterocycles. The Bertz CT molecular complexity index is 1030. The number of Topliss-reactive ketones (excluding diaryl/α,β-unsaturated/α-hetero) is 1. The number of ketones is 1. The quantitative estimate of drug-likeness (QED) is 0.626. The molecule has 0 bridgehead atoms. The van der Waals surface area contributed by atoms with Crippen LogP contribution >= 0.6 is 11.6 Å². The fraction of sp³-hybridized carbons (Fsp3) is 0.200. The summed E-state index contributed by atoms with van der Waals surface area (Å²) in [5, 5.41) is 0.394. The highest BCUT2D eigenvalue weighted by Crippen LogP contribution is 2.36. The number of pyridine rings is 1. The Morgan fingerprint density at radius 1 is 1.19 bits per heavy atom. The predicted molar refractivity (Wildman–Crippen MR) is 95.5 cm³/mol. The summed E-state index contributed by atoms with van der Waals surface area (Å²) in [6.07, 6.45) is 2.96. The van der Waals surface area contributed by atoms with Crippen molar-refractivity contribution in [3.63, 3.8) is 0 Å². The second kappa shape index (κ2) is 6.32. The first-order chi connectivity index (χ1) is 12.4. The normalized spacial score (nSPS) is 16.6. The van der Waals surface area contributed by atoms with E-state index in [4.69, 9.17) is 11.6 Å². The zero-order chi connectivity index (χ0) is 18.4. The van der Waals surface area contributed by atoms with Gasteiger partial charge in [-0.1, -0.05) is 11.6 Å². The molecule has 2 heterocycles. The summed E-state index contributed by atoms with van der Waals surface area (Å²) >= 11 is 5.91. The molecule has 1 N–H and O–H groups in total. The first-order valence-electron chi connectivity index (χ1n) is 8.27. The number of rotatable bonds is 2. The van der Waals surface area contributed by atoms with Crippen molar-refractivity contribution in [1.29, 1.82) is 0 Å². The number of nitrogens with one attached hydrogen (secondary N) is 1. The van der Waals surface area contributed by atoms with E-state index in [-0.39, 0.29) is 17.3 Å². The van der Waals surface area contributed by atoms with Crippen LogP contribution in [-0.4, -0.2) is 15.8 Å². The molecule has 0 aliphatic heterocycles. The van der Waals surface area contributed by atoms with Gasteiger partial charge in [0.2, 0.25) is 0 Å². The van der Waals surface area contributed by atoms with Gasteiger partial charge in [0.1, 0.15) is 16.8 Å². The number of aromatic amines is 1. The minimum atomic E-state index is -0.662. The maximum atomic E-state index is 14.1. The third-order valence-electron chi connectivity index (χ3n) is 4.88. The Hall–Kier alpha value is -2.53. The number of hydrogen-bond acceptors (Lipinski definition) is 2. The van der Waals surface area contributed by atoms with Crippen LogP contribution in [0, 0.1) is 18.6 Å². The number of hydrogen-bond donors (Lipinski definition) is 1. The number of halogens is 3. The van der Waals surface area contributed by atoms with E-state index in [0.29, 0.717) is 29.3 Å². The molecule has 0 spiro atoms. The number of carbonyl (C=O) groups is 1. The van der Waals surface area contributed by atoms with Crippen molar-refractivity contribution in [2.45, 2.75) is 25.7 Å². The smallest absolute Gasteiger partial charge is 0.172 e. The van der Waals surface area contributed by atoms with Crippen molar-refractivity contribution in [2.24, 2.45) is 0 Å². The van der Waals surface area contributed by atoms with Crippen LogP contribution in [0.15, 0.2) is 36.5 Å². The second-order valence-corrected chi connectivity index (χ2v) is 6.91. The van der Waals surface area contributed by atoms with Crippen LogP contribution in [0.5, 0.6) is 0 Å². The van der Waals surface area contributed by atoms with Gasteiger partial charge in [-0.3, -0.25) is 4.79 Å². The van der Waals surface area contributed by atoms with Crippen LogP contribution < -0.4 is 0 Å². The Kier molecular flexibility index (Phi) is 4.11. The van der Waals surface area contributed by atoms with Gasteiger partial charge in [0.25, 0.3) is 0 Å². The first-order valence-corrected chi connectivity index (χ1v) is 8.65. The number of benzene rings is 1. The lowest BCUT2D eigenvalue weighted by Crippen LogP contribution is -2.21. The number of aryl methyl sites for hydroxylation is 2. The molecule has 0 amide bonds. The summed E-state index contributed by atoms with van der Waals surface area (Å²) in [5.74, 6) is -1.62. The number of carbonyl (C=O) groups excluding carboxylic acids is 1. The molecular formula is C20H15ClF2N2O. The van der Waals surface area contributed by atoms with Gasteiger partial charge in [-0.05, 0) is 55.2 Å². The molecule has 26 heavy (non-hydrogen) atoms. The molecule has 1 aliphatic rings. The van der Waals surface area contributed by atoms with Crippen molar-refractivity contribution in [2.75, 3.05) is 0 Å². The molecule has 3 aromatic rings. The molecular weight excluding hydrogens is 358 g/mol. The average Bonchev–Trinajstić information content (AvgIpc) is 3.01. The lowest BCUT2D eigenvalue weighted by atomic mass is 9.81. The molecule has 1 atom stereocenters. The molecule has 3 nitrogen and oxygen atoms in total. The Balaban J connectivity index is 1.72. The van der Waals surface area contributed by atoms with Gasteiger partial charge >= 0.3 is 0 Å². The largest absolute Gasteiger partial charge is 0.358 e. The van der Waals surface area contributed by atoms with E-state index in [0.717, 1.165) is 22.9 Å². The van der Waals surface area contributed by atoms with Gasteiger partial charge in [0.05, 0.1) is 0 Å². The summed E-state index contributed by atoms with van der Waals surface area (Å²) in [6, 6.07) is 6.81. The molecule has 0 saturated heterocycles. The Morgan fingerprint density at radius 2 is 2.00 bits per heavy atom. The zero-order valence-electron chi connectivity index (χ0n) is 13.9. The third kappa shape index (κ3) is 2.82. The molecule has 6 heteroatoms. The summed E-state index contributed by atoms with van der Waals surface area (Å²) in [4.78, 5) is 20.2. The predicted octanol–water partition coefficient (Wildman–Crippen LogP) is 5.23. The zero-order valence-corrected chi connectivity index (χ0v) is 14.7. The summed E-state index contributed by atoms with van der Waals surface area (Å²) in [7, 11) is 0. The highest BCUT2D eigenvalue weighted by Gasteiger charge is 2.31. The van der Waals surface area contributed by atoms with E-state index in [1.165, 1.54) is 12.1 Å². The highest BCUT2D eigenvalue weighted by atomic mass is 35.5.